The Bertz CT molecular complexity index is 2650. The van der Waals surface area contributed by atoms with Gasteiger partial charge in [0.1, 0.15) is 23.7 Å². The molecule has 7 heterocycles. The molecule has 6 aliphatic rings. The van der Waals surface area contributed by atoms with Crippen molar-refractivity contribution in [2.24, 2.45) is 10.8 Å². The van der Waals surface area contributed by atoms with E-state index >= 15 is 0 Å². The summed E-state index contributed by atoms with van der Waals surface area (Å²) >= 11 is 0. The zero-order valence-corrected chi connectivity index (χ0v) is 39.7. The van der Waals surface area contributed by atoms with E-state index in [2.05, 4.69) is 54.9 Å². The van der Waals surface area contributed by atoms with Crippen LogP contribution in [0.3, 0.4) is 0 Å². The van der Waals surface area contributed by atoms with Crippen LogP contribution >= 0.6 is 0 Å². The Hall–Kier alpha value is -6.38. The molecule has 0 bridgehead atoms. The summed E-state index contributed by atoms with van der Waals surface area (Å²) in [7, 11) is 0. The van der Waals surface area contributed by atoms with Crippen molar-refractivity contribution in [3.63, 3.8) is 0 Å². The Morgan fingerprint density at radius 2 is 1.75 bits per heavy atom. The standard InChI is InChI=1S/C52H62FN11O5/c1-6-32-12-11-31(19-39(32)53)24-54-47(67)42-20-36(65)27-64(42)48(68)45(51(3,4)5)58-50(69)62-28-52(29-62)22-35(23-52)61-16-13-33(14-17-61)34-25-55-49(56-26-34)63-18-15-40-44(30(63)2)38-21-41(59-60-46(38)57-40)37-9-7-8-10-43(37)66/h1,7-12,19,21,25-26,30,33,35-36,40,42,44-45,65-66H,13-18,20,22-24,27-29H2,2-5H3,(H,54,67)(H,57,60)(H,58,69)/t30-,36-,40?,42+,44?,45-/m1/s1. The topological polar surface area (TPSA) is 192 Å². The number of likely N-dealkylation sites (tertiary alicyclic amines) is 3. The van der Waals surface area contributed by atoms with Crippen molar-refractivity contribution in [2.45, 2.75) is 121 Å². The number of terminal acetylenes is 1. The number of fused-ring (bicyclic) bond motifs is 3. The molecule has 362 valence electrons. The number of β-amino-alcohol motifs (C(OH)–C–C–N with tert-alkyl or cyclic N) is 1. The minimum Gasteiger partial charge on any atom is -0.507 e. The van der Waals surface area contributed by atoms with Gasteiger partial charge in [0.15, 0.2) is 5.82 Å². The molecule has 5 fully saturated rings. The molecular formula is C52H62FN11O5. The van der Waals surface area contributed by atoms with E-state index in [-0.39, 0.29) is 60.3 Å². The van der Waals surface area contributed by atoms with Gasteiger partial charge < -0.3 is 45.8 Å². The maximum Gasteiger partial charge on any atom is 0.318 e. The van der Waals surface area contributed by atoms with Crippen LogP contribution in [0.2, 0.25) is 0 Å². The van der Waals surface area contributed by atoms with Crippen molar-refractivity contribution in [1.29, 1.82) is 0 Å². The van der Waals surface area contributed by atoms with Crippen molar-refractivity contribution < 1.29 is 29.0 Å². The fourth-order valence-electron chi connectivity index (χ4n) is 12.0. The monoisotopic (exact) mass is 939 g/mol. The molecule has 17 heteroatoms. The number of anilines is 2. The molecule has 4 saturated heterocycles. The predicted octanol–water partition coefficient (Wildman–Crippen LogP) is 4.98. The lowest BCUT2D eigenvalue weighted by Gasteiger charge is -2.61. The van der Waals surface area contributed by atoms with Crippen LogP contribution in [0.25, 0.3) is 11.3 Å². The number of nitrogens with one attached hydrogen (secondary N) is 3. The number of carbonyl (C=O) groups excluding carboxylic acids is 3. The van der Waals surface area contributed by atoms with Gasteiger partial charge in [-0.25, -0.2) is 19.2 Å². The van der Waals surface area contributed by atoms with E-state index in [1.807, 2.05) is 45.3 Å². The number of aliphatic hydroxyl groups is 1. The average molecular weight is 940 g/mol. The highest BCUT2D eigenvalue weighted by atomic mass is 19.1. The van der Waals surface area contributed by atoms with Gasteiger partial charge in [0.2, 0.25) is 17.8 Å². The smallest absolute Gasteiger partial charge is 0.318 e. The van der Waals surface area contributed by atoms with Crippen LogP contribution < -0.4 is 20.9 Å². The van der Waals surface area contributed by atoms with Crippen LogP contribution in [0.15, 0.2) is 60.9 Å². The van der Waals surface area contributed by atoms with Crippen LogP contribution in [-0.4, -0.2) is 139 Å². The van der Waals surface area contributed by atoms with Gasteiger partial charge in [-0.15, -0.1) is 16.6 Å². The van der Waals surface area contributed by atoms with Crippen LogP contribution in [0.4, 0.5) is 21.0 Å². The molecule has 10 rings (SSSR count). The summed E-state index contributed by atoms with van der Waals surface area (Å²) < 4.78 is 14.3. The Labute approximate surface area is 402 Å². The molecule has 2 aromatic carbocycles. The van der Waals surface area contributed by atoms with Gasteiger partial charge >= 0.3 is 6.03 Å². The number of aromatic nitrogens is 4. The van der Waals surface area contributed by atoms with E-state index in [1.54, 1.807) is 23.1 Å². The molecule has 1 spiro atoms. The zero-order chi connectivity index (χ0) is 48.4. The number of hydrogen-bond acceptors (Lipinski definition) is 12. The lowest BCUT2D eigenvalue weighted by Crippen LogP contribution is -2.70. The fraction of sp³-hybridized carbons (Fsp3) is 0.519. The maximum absolute atomic E-state index is 14.3. The van der Waals surface area contributed by atoms with Crippen LogP contribution in [0.1, 0.15) is 100 Å². The summed E-state index contributed by atoms with van der Waals surface area (Å²) in [5.41, 5.74) is 3.63. The van der Waals surface area contributed by atoms with E-state index in [0.717, 1.165) is 69.1 Å². The van der Waals surface area contributed by atoms with E-state index in [1.165, 1.54) is 22.6 Å². The highest BCUT2D eigenvalue weighted by molar-refractivity contribution is 5.93. The molecule has 2 aromatic heterocycles. The van der Waals surface area contributed by atoms with Gasteiger partial charge in [0.05, 0.1) is 17.4 Å². The second-order valence-electron chi connectivity index (χ2n) is 21.4. The molecule has 1 aliphatic carbocycles. The number of phenolic OH excluding ortho intramolecular Hbond substituents is 1. The number of carbonyl (C=O) groups is 3. The third kappa shape index (κ3) is 8.93. The summed E-state index contributed by atoms with van der Waals surface area (Å²) in [5.74, 6) is 3.11. The maximum atomic E-state index is 14.3. The molecule has 4 aromatic rings. The second kappa shape index (κ2) is 18.2. The zero-order valence-electron chi connectivity index (χ0n) is 39.7. The number of urea groups is 1. The normalized spacial score (nSPS) is 24.9. The molecule has 6 atom stereocenters. The number of amides is 4. The lowest BCUT2D eigenvalue weighted by atomic mass is 9.60. The summed E-state index contributed by atoms with van der Waals surface area (Å²) in [6, 6.07) is 12.3. The minimum atomic E-state index is -0.945. The lowest BCUT2D eigenvalue weighted by molar-refractivity contribution is -0.142. The van der Waals surface area contributed by atoms with Crippen LogP contribution in [0, 0.1) is 29.0 Å². The molecule has 4 amide bonds. The third-order valence-corrected chi connectivity index (χ3v) is 15.8. The van der Waals surface area contributed by atoms with Gasteiger partial charge in [0, 0.05) is 92.1 Å². The van der Waals surface area contributed by atoms with Crippen molar-refractivity contribution in [2.75, 3.05) is 49.5 Å². The number of halogens is 1. The number of hydrogen-bond donors (Lipinski definition) is 5. The van der Waals surface area contributed by atoms with E-state index < -0.39 is 41.2 Å². The van der Waals surface area contributed by atoms with Gasteiger partial charge in [-0.1, -0.05) is 44.9 Å². The highest BCUT2D eigenvalue weighted by Crippen LogP contribution is 2.51. The first-order valence-electron chi connectivity index (χ1n) is 24.4. The van der Waals surface area contributed by atoms with E-state index in [4.69, 9.17) is 16.4 Å². The molecule has 69 heavy (non-hydrogen) atoms. The summed E-state index contributed by atoms with van der Waals surface area (Å²) in [6.45, 7) is 11.9. The molecule has 2 unspecified atom stereocenters. The van der Waals surface area contributed by atoms with Crippen molar-refractivity contribution >= 4 is 29.6 Å². The Morgan fingerprint density at radius 3 is 2.45 bits per heavy atom. The Balaban J connectivity index is 0.686. The second-order valence-corrected chi connectivity index (χ2v) is 21.4. The SMILES string of the molecule is C#Cc1ccc(CNC(=O)[C@@H]2C[C@@H](O)CN2C(=O)[C@@H](NC(=O)N2CC3(CC(N4CCC(c5cnc(N6CCC7Nc8nnc(-c9ccccc9O)cc8C7[C@H]6C)nc5)CC4)C3)C2)C(C)(C)C)cc1F. The van der Waals surface area contributed by atoms with Gasteiger partial charge in [0.25, 0.3) is 0 Å². The number of benzene rings is 2. The molecule has 0 radical (unpaired) electrons. The minimum absolute atomic E-state index is 0.0215. The number of aliphatic hydroxyl groups excluding tert-OH is 1. The van der Waals surface area contributed by atoms with Crippen molar-refractivity contribution in [3.8, 4) is 29.4 Å². The quantitative estimate of drug-likeness (QED) is 0.142. The Kier molecular flexibility index (Phi) is 12.2. The first-order valence-corrected chi connectivity index (χ1v) is 24.4. The molecule has 16 nitrogen and oxygen atoms in total. The number of piperidine rings is 2. The first kappa shape index (κ1) is 46.4. The number of para-hydroxylation sites is 1. The van der Waals surface area contributed by atoms with Gasteiger partial charge in [-0.05, 0) is 105 Å². The van der Waals surface area contributed by atoms with E-state index in [0.29, 0.717) is 41.9 Å². The summed E-state index contributed by atoms with van der Waals surface area (Å²) in [5, 5.41) is 39.4. The number of nitrogens with zero attached hydrogens (tertiary/aromatic N) is 8. The number of aromatic hydroxyl groups is 1. The molecule has 5 N–H and O–H groups in total. The number of phenols is 1. The van der Waals surface area contributed by atoms with Gasteiger partial charge in [-0.3, -0.25) is 9.59 Å². The van der Waals surface area contributed by atoms with E-state index in [9.17, 15) is 29.0 Å². The largest absolute Gasteiger partial charge is 0.507 e. The van der Waals surface area contributed by atoms with Crippen molar-refractivity contribution in [1.82, 2.24) is 45.5 Å². The summed E-state index contributed by atoms with van der Waals surface area (Å²) in [6.07, 6.45) is 13.6. The fourth-order valence-corrected chi connectivity index (χ4v) is 12.0. The number of rotatable bonds is 9. The summed E-state index contributed by atoms with van der Waals surface area (Å²) in [4.78, 5) is 59.2. The Morgan fingerprint density at radius 1 is 1.01 bits per heavy atom. The van der Waals surface area contributed by atoms with Crippen molar-refractivity contribution in [3.05, 3.63) is 89.0 Å². The third-order valence-electron chi connectivity index (χ3n) is 15.8. The van der Waals surface area contributed by atoms with Gasteiger partial charge in [-0.2, -0.15) is 0 Å². The predicted molar refractivity (Wildman–Crippen MR) is 257 cm³/mol. The molecule has 1 saturated carbocycles. The average Bonchev–Trinajstić information content (AvgIpc) is 3.89. The molecular weight excluding hydrogens is 878 g/mol. The first-order chi connectivity index (χ1) is 33.1. The van der Waals surface area contributed by atoms with Crippen LogP contribution in [0.5, 0.6) is 5.75 Å². The van der Waals surface area contributed by atoms with Crippen LogP contribution in [-0.2, 0) is 16.1 Å². The highest BCUT2D eigenvalue weighted by Gasteiger charge is 2.56. The molecule has 5 aliphatic heterocycles.